The zero-order valence-electron chi connectivity index (χ0n) is 10.2. The number of sulfonamides is 1. The van der Waals surface area contributed by atoms with E-state index in [1.54, 1.807) is 13.8 Å². The van der Waals surface area contributed by atoms with Gasteiger partial charge in [0, 0.05) is 6.54 Å². The number of hydrogen-bond acceptors (Lipinski definition) is 6. The number of aromatic nitrogens is 2. The maximum absolute atomic E-state index is 11.9. The maximum Gasteiger partial charge on any atom is 0.238 e. The molecule has 0 aliphatic rings. The van der Waals surface area contributed by atoms with Gasteiger partial charge in [-0.1, -0.05) is 18.3 Å². The first-order chi connectivity index (χ1) is 7.95. The van der Waals surface area contributed by atoms with Gasteiger partial charge < -0.3 is 5.32 Å². The highest BCUT2D eigenvalue weighted by Gasteiger charge is 2.21. The van der Waals surface area contributed by atoms with E-state index in [0.29, 0.717) is 11.7 Å². The predicted octanol–water partition coefficient (Wildman–Crippen LogP) is 0.976. The van der Waals surface area contributed by atoms with E-state index in [0.717, 1.165) is 18.0 Å². The second-order valence-electron chi connectivity index (χ2n) is 3.79. The fourth-order valence-electron chi connectivity index (χ4n) is 1.15. The molecule has 2 N–H and O–H groups in total. The number of nitrogens with zero attached hydrogens (tertiary/aromatic N) is 2. The minimum absolute atomic E-state index is 0.324. The summed E-state index contributed by atoms with van der Waals surface area (Å²) in [6, 6.07) is 0. The lowest BCUT2D eigenvalue weighted by Gasteiger charge is -2.13. The zero-order chi connectivity index (χ0) is 12.9. The van der Waals surface area contributed by atoms with E-state index in [1.165, 1.54) is 11.3 Å². The first-order valence-electron chi connectivity index (χ1n) is 5.48. The Balaban J connectivity index is 2.55. The SMILES string of the molecule is CCCNCC(C)S(=O)(=O)Nc1nnc(C)s1. The van der Waals surface area contributed by atoms with Crippen LogP contribution in [0.25, 0.3) is 0 Å². The average molecular weight is 278 g/mol. The molecule has 0 saturated heterocycles. The fourth-order valence-corrected chi connectivity index (χ4v) is 2.93. The predicted molar refractivity (Wildman–Crippen MR) is 69.8 cm³/mol. The molecule has 0 bridgehead atoms. The zero-order valence-corrected chi connectivity index (χ0v) is 11.9. The summed E-state index contributed by atoms with van der Waals surface area (Å²) in [6.45, 7) is 6.73. The third kappa shape index (κ3) is 4.57. The highest BCUT2D eigenvalue weighted by Crippen LogP contribution is 2.16. The van der Waals surface area contributed by atoms with E-state index in [2.05, 4.69) is 20.2 Å². The van der Waals surface area contributed by atoms with Crippen LogP contribution in [-0.2, 0) is 10.0 Å². The second-order valence-corrected chi connectivity index (χ2v) is 7.07. The number of hydrogen-bond donors (Lipinski definition) is 2. The molecule has 98 valence electrons. The van der Waals surface area contributed by atoms with E-state index < -0.39 is 15.3 Å². The molecule has 1 unspecified atom stereocenters. The monoisotopic (exact) mass is 278 g/mol. The molecular weight excluding hydrogens is 260 g/mol. The normalized spacial score (nSPS) is 13.6. The minimum Gasteiger partial charge on any atom is -0.315 e. The molecule has 0 fully saturated rings. The summed E-state index contributed by atoms with van der Waals surface area (Å²) in [5.74, 6) is 0. The van der Waals surface area contributed by atoms with Crippen LogP contribution < -0.4 is 10.0 Å². The van der Waals surface area contributed by atoms with Crippen LogP contribution in [0, 0.1) is 6.92 Å². The molecular formula is C9H18N4O2S2. The van der Waals surface area contributed by atoms with Crippen LogP contribution in [0.4, 0.5) is 5.13 Å². The molecule has 1 rings (SSSR count). The quantitative estimate of drug-likeness (QED) is 0.726. The molecule has 0 radical (unpaired) electrons. The van der Waals surface area contributed by atoms with Crippen molar-refractivity contribution in [1.29, 1.82) is 0 Å². The van der Waals surface area contributed by atoms with Gasteiger partial charge in [-0.15, -0.1) is 10.2 Å². The Labute approximate surface area is 106 Å². The van der Waals surface area contributed by atoms with Crippen LogP contribution in [-0.4, -0.2) is 37.0 Å². The molecule has 0 spiro atoms. The third-order valence-corrected chi connectivity index (χ3v) is 4.73. The number of rotatable bonds is 7. The van der Waals surface area contributed by atoms with Crippen LogP contribution in [0.2, 0.25) is 0 Å². The van der Waals surface area contributed by atoms with Gasteiger partial charge in [-0.3, -0.25) is 4.72 Å². The van der Waals surface area contributed by atoms with Crippen LogP contribution in [0.15, 0.2) is 0 Å². The molecule has 17 heavy (non-hydrogen) atoms. The summed E-state index contributed by atoms with van der Waals surface area (Å²) in [7, 11) is -3.39. The summed E-state index contributed by atoms with van der Waals surface area (Å²) >= 11 is 1.23. The lowest BCUT2D eigenvalue weighted by molar-refractivity contribution is 0.575. The van der Waals surface area contributed by atoms with Crippen LogP contribution >= 0.6 is 11.3 Å². The first kappa shape index (κ1) is 14.3. The summed E-state index contributed by atoms with van der Waals surface area (Å²) in [5, 5.41) is 11.1. The van der Waals surface area contributed by atoms with Crippen molar-refractivity contribution < 1.29 is 8.42 Å². The van der Waals surface area contributed by atoms with Gasteiger partial charge in [0.1, 0.15) is 5.01 Å². The highest BCUT2D eigenvalue weighted by molar-refractivity contribution is 7.93. The molecule has 1 aromatic heterocycles. The molecule has 1 aromatic rings. The lowest BCUT2D eigenvalue weighted by Crippen LogP contribution is -2.35. The van der Waals surface area contributed by atoms with Crippen molar-refractivity contribution >= 4 is 26.5 Å². The minimum atomic E-state index is -3.39. The van der Waals surface area contributed by atoms with Crippen LogP contribution in [0.5, 0.6) is 0 Å². The highest BCUT2D eigenvalue weighted by atomic mass is 32.2. The fraction of sp³-hybridized carbons (Fsp3) is 0.778. The molecule has 8 heteroatoms. The Morgan fingerprint density at radius 2 is 2.12 bits per heavy atom. The topological polar surface area (TPSA) is 84.0 Å². The van der Waals surface area contributed by atoms with E-state index in [9.17, 15) is 8.42 Å². The molecule has 0 aliphatic carbocycles. The molecule has 0 aromatic carbocycles. The van der Waals surface area contributed by atoms with Gasteiger partial charge in [0.25, 0.3) is 0 Å². The molecule has 1 atom stereocenters. The summed E-state index contributed by atoms with van der Waals surface area (Å²) < 4.78 is 26.2. The summed E-state index contributed by atoms with van der Waals surface area (Å²) in [5.41, 5.74) is 0. The Hall–Kier alpha value is -0.730. The largest absolute Gasteiger partial charge is 0.315 e. The molecule has 0 amide bonds. The molecule has 1 heterocycles. The molecule has 0 aliphatic heterocycles. The Kier molecular flexibility index (Phi) is 5.29. The van der Waals surface area contributed by atoms with Gasteiger partial charge in [-0.05, 0) is 26.8 Å². The van der Waals surface area contributed by atoms with E-state index in [-0.39, 0.29) is 0 Å². The van der Waals surface area contributed by atoms with Crippen molar-refractivity contribution in [2.45, 2.75) is 32.4 Å². The van der Waals surface area contributed by atoms with Crippen molar-refractivity contribution in [1.82, 2.24) is 15.5 Å². The lowest BCUT2D eigenvalue weighted by atomic mass is 10.4. The van der Waals surface area contributed by atoms with Crippen molar-refractivity contribution in [3.63, 3.8) is 0 Å². The van der Waals surface area contributed by atoms with E-state index >= 15 is 0 Å². The Morgan fingerprint density at radius 1 is 1.41 bits per heavy atom. The van der Waals surface area contributed by atoms with E-state index in [1.807, 2.05) is 6.92 Å². The van der Waals surface area contributed by atoms with Crippen LogP contribution in [0.1, 0.15) is 25.3 Å². The third-order valence-electron chi connectivity index (χ3n) is 2.14. The van der Waals surface area contributed by atoms with E-state index in [4.69, 9.17) is 0 Å². The Morgan fingerprint density at radius 3 is 2.65 bits per heavy atom. The maximum atomic E-state index is 11.9. The summed E-state index contributed by atoms with van der Waals surface area (Å²) in [4.78, 5) is 0. The standard InChI is InChI=1S/C9H18N4O2S2/c1-4-5-10-6-7(2)17(14,15)13-9-12-11-8(3)16-9/h7,10H,4-6H2,1-3H3,(H,12,13). The van der Waals surface area contributed by atoms with Gasteiger partial charge in [-0.2, -0.15) is 0 Å². The van der Waals surface area contributed by atoms with Gasteiger partial charge in [0.15, 0.2) is 0 Å². The molecule has 6 nitrogen and oxygen atoms in total. The van der Waals surface area contributed by atoms with Gasteiger partial charge in [0.05, 0.1) is 5.25 Å². The number of anilines is 1. The van der Waals surface area contributed by atoms with Crippen molar-refractivity contribution in [3.05, 3.63) is 5.01 Å². The van der Waals surface area contributed by atoms with Gasteiger partial charge in [-0.25, -0.2) is 8.42 Å². The van der Waals surface area contributed by atoms with Crippen molar-refractivity contribution in [2.75, 3.05) is 17.8 Å². The molecule has 0 saturated carbocycles. The number of aryl methyl sites for hydroxylation is 1. The van der Waals surface area contributed by atoms with Gasteiger partial charge in [0.2, 0.25) is 15.2 Å². The second kappa shape index (κ2) is 6.27. The summed E-state index contributed by atoms with van der Waals surface area (Å²) in [6.07, 6.45) is 0.982. The number of nitrogens with one attached hydrogen (secondary N) is 2. The first-order valence-corrected chi connectivity index (χ1v) is 7.84. The van der Waals surface area contributed by atoms with Crippen molar-refractivity contribution in [2.24, 2.45) is 0 Å². The van der Waals surface area contributed by atoms with Crippen molar-refractivity contribution in [3.8, 4) is 0 Å². The smallest absolute Gasteiger partial charge is 0.238 e. The van der Waals surface area contributed by atoms with Crippen LogP contribution in [0.3, 0.4) is 0 Å². The Bertz CT molecular complexity index is 444. The average Bonchev–Trinajstić information content (AvgIpc) is 2.63. The van der Waals surface area contributed by atoms with Gasteiger partial charge >= 0.3 is 0 Å².